The molecule has 8 heteroatoms. The largest absolute Gasteiger partial charge is 0.345 e. The van der Waals surface area contributed by atoms with Gasteiger partial charge in [-0.3, -0.25) is 13.9 Å². The number of nitrogens with one attached hydrogen (secondary N) is 2. The average Bonchev–Trinajstić information content (AvgIpc) is 2.93. The Labute approximate surface area is 223 Å². The van der Waals surface area contributed by atoms with Gasteiger partial charge in [-0.15, -0.1) is 0 Å². The summed E-state index contributed by atoms with van der Waals surface area (Å²) in [5.41, 5.74) is 2.86. The molecule has 0 spiro atoms. The first-order valence-electron chi connectivity index (χ1n) is 12.1. The van der Waals surface area contributed by atoms with Gasteiger partial charge in [0.25, 0.3) is 21.8 Å². The summed E-state index contributed by atoms with van der Waals surface area (Å²) in [6.07, 6.45) is 0. The molecule has 38 heavy (non-hydrogen) atoms. The van der Waals surface area contributed by atoms with Crippen molar-refractivity contribution in [2.24, 2.45) is 0 Å². The summed E-state index contributed by atoms with van der Waals surface area (Å²) in [5, 5.41) is 5.75. The number of amides is 2. The minimum atomic E-state index is -3.91. The Morgan fingerprint density at radius 2 is 1.32 bits per heavy atom. The molecule has 4 rings (SSSR count). The molecule has 0 aliphatic heterocycles. The molecule has 0 aliphatic rings. The maximum absolute atomic E-state index is 13.4. The van der Waals surface area contributed by atoms with Gasteiger partial charge in [0, 0.05) is 7.05 Å². The van der Waals surface area contributed by atoms with Crippen molar-refractivity contribution in [1.29, 1.82) is 0 Å². The fourth-order valence-corrected chi connectivity index (χ4v) is 5.23. The minimum Gasteiger partial charge on any atom is -0.345 e. The number of hydrogen-bond acceptors (Lipinski definition) is 4. The lowest BCUT2D eigenvalue weighted by atomic mass is 10.1. The van der Waals surface area contributed by atoms with Crippen LogP contribution in [0.3, 0.4) is 0 Å². The molecule has 0 saturated heterocycles. The summed E-state index contributed by atoms with van der Waals surface area (Å²) in [6.45, 7) is 3.76. The highest BCUT2D eigenvalue weighted by atomic mass is 32.2. The number of nitrogens with zero attached hydrogens (tertiary/aromatic N) is 1. The van der Waals surface area contributed by atoms with Crippen LogP contribution in [0.4, 0.5) is 11.4 Å². The van der Waals surface area contributed by atoms with Gasteiger partial charge in [0.05, 0.1) is 33.4 Å². The lowest BCUT2D eigenvalue weighted by Crippen LogP contribution is -2.30. The average molecular weight is 528 g/mol. The zero-order valence-electron chi connectivity index (χ0n) is 21.4. The lowest BCUT2D eigenvalue weighted by molar-refractivity contribution is 0.0940. The molecule has 0 aromatic heterocycles. The fourth-order valence-electron chi connectivity index (χ4n) is 4.02. The Hall–Kier alpha value is -4.43. The van der Waals surface area contributed by atoms with Gasteiger partial charge in [-0.2, -0.15) is 0 Å². The molecule has 0 bridgehead atoms. The standard InChI is InChI=1S/C30H29N3O4S/c1-21-17-19-24(20-18-21)38(36,37)33(3)28-16-10-8-14-26(28)30(35)32-27-15-9-7-13-25(27)29(34)31-22(2)23-11-5-4-6-12-23/h4-20,22H,1-3H3,(H,31,34)(H,32,35)/t22-/m0/s1. The van der Waals surface area contributed by atoms with Crippen LogP contribution in [0.15, 0.2) is 108 Å². The topological polar surface area (TPSA) is 95.6 Å². The van der Waals surface area contributed by atoms with Crippen molar-refractivity contribution in [3.63, 3.8) is 0 Å². The zero-order chi connectivity index (χ0) is 27.3. The molecule has 0 aliphatic carbocycles. The van der Waals surface area contributed by atoms with Gasteiger partial charge in [0.15, 0.2) is 0 Å². The van der Waals surface area contributed by atoms with Crippen LogP contribution in [0, 0.1) is 6.92 Å². The van der Waals surface area contributed by atoms with Gasteiger partial charge in [-0.1, -0.05) is 72.3 Å². The van der Waals surface area contributed by atoms with Crippen LogP contribution in [0.1, 0.15) is 44.8 Å². The third kappa shape index (κ3) is 5.76. The van der Waals surface area contributed by atoms with Crippen LogP contribution in [0.2, 0.25) is 0 Å². The number of carbonyl (C=O) groups is 2. The molecular formula is C30H29N3O4S. The van der Waals surface area contributed by atoms with E-state index in [1.165, 1.54) is 19.2 Å². The van der Waals surface area contributed by atoms with Crippen molar-refractivity contribution in [3.8, 4) is 0 Å². The van der Waals surface area contributed by atoms with E-state index in [0.29, 0.717) is 11.3 Å². The molecule has 7 nitrogen and oxygen atoms in total. The van der Waals surface area contributed by atoms with Crippen molar-refractivity contribution in [3.05, 3.63) is 125 Å². The summed E-state index contributed by atoms with van der Waals surface area (Å²) in [4.78, 5) is 26.6. The minimum absolute atomic E-state index is 0.121. The molecule has 0 saturated carbocycles. The summed E-state index contributed by atoms with van der Waals surface area (Å²) < 4.78 is 27.7. The Morgan fingerprint density at radius 3 is 2.00 bits per heavy atom. The van der Waals surface area contributed by atoms with Crippen molar-refractivity contribution in [2.75, 3.05) is 16.7 Å². The first kappa shape index (κ1) is 26.6. The molecule has 1 atom stereocenters. The smallest absolute Gasteiger partial charge is 0.264 e. The summed E-state index contributed by atoms with van der Waals surface area (Å²) in [6, 6.07) is 29.0. The molecule has 0 fully saturated rings. The SMILES string of the molecule is Cc1ccc(S(=O)(=O)N(C)c2ccccc2C(=O)Nc2ccccc2C(=O)N[C@@H](C)c2ccccc2)cc1. The fraction of sp³-hybridized carbons (Fsp3) is 0.133. The monoisotopic (exact) mass is 527 g/mol. The second-order valence-corrected chi connectivity index (χ2v) is 10.9. The highest BCUT2D eigenvalue weighted by Crippen LogP contribution is 2.27. The van der Waals surface area contributed by atoms with Crippen molar-refractivity contribution < 1.29 is 18.0 Å². The predicted molar refractivity (Wildman–Crippen MR) is 150 cm³/mol. The first-order chi connectivity index (χ1) is 18.2. The molecule has 2 N–H and O–H groups in total. The second kappa shape index (κ2) is 11.3. The first-order valence-corrected chi connectivity index (χ1v) is 13.5. The molecule has 0 heterocycles. The molecule has 4 aromatic rings. The summed E-state index contributed by atoms with van der Waals surface area (Å²) >= 11 is 0. The van der Waals surface area contributed by atoms with Gasteiger partial charge in [-0.05, 0) is 55.8 Å². The van der Waals surface area contributed by atoms with Gasteiger partial charge in [0.1, 0.15) is 0 Å². The highest BCUT2D eigenvalue weighted by molar-refractivity contribution is 7.92. The Balaban J connectivity index is 1.58. The Kier molecular flexibility index (Phi) is 7.93. The normalized spacial score (nSPS) is 11.9. The predicted octanol–water partition coefficient (Wildman–Crippen LogP) is 5.56. The Bertz CT molecular complexity index is 1550. The van der Waals surface area contributed by atoms with Crippen LogP contribution in [-0.4, -0.2) is 27.3 Å². The van der Waals surface area contributed by atoms with E-state index in [0.717, 1.165) is 15.4 Å². The van der Waals surface area contributed by atoms with E-state index in [4.69, 9.17) is 0 Å². The van der Waals surface area contributed by atoms with E-state index in [2.05, 4.69) is 10.6 Å². The maximum atomic E-state index is 13.4. The Morgan fingerprint density at radius 1 is 0.737 bits per heavy atom. The third-order valence-corrected chi connectivity index (χ3v) is 8.02. The van der Waals surface area contributed by atoms with Crippen LogP contribution in [0.25, 0.3) is 0 Å². The van der Waals surface area contributed by atoms with E-state index in [1.807, 2.05) is 44.2 Å². The van der Waals surface area contributed by atoms with E-state index >= 15 is 0 Å². The number of hydrogen-bond donors (Lipinski definition) is 2. The van der Waals surface area contributed by atoms with Crippen molar-refractivity contribution in [1.82, 2.24) is 5.32 Å². The van der Waals surface area contributed by atoms with E-state index in [9.17, 15) is 18.0 Å². The quantitative estimate of drug-likeness (QED) is 0.313. The lowest BCUT2D eigenvalue weighted by Gasteiger charge is -2.22. The number of aryl methyl sites for hydroxylation is 1. The van der Waals surface area contributed by atoms with Gasteiger partial charge in [0.2, 0.25) is 0 Å². The summed E-state index contributed by atoms with van der Waals surface area (Å²) in [7, 11) is -2.50. The summed E-state index contributed by atoms with van der Waals surface area (Å²) in [5.74, 6) is -0.882. The number of anilines is 2. The molecule has 4 aromatic carbocycles. The molecule has 0 unspecified atom stereocenters. The van der Waals surface area contributed by atoms with Crippen molar-refractivity contribution in [2.45, 2.75) is 24.8 Å². The molecule has 194 valence electrons. The molecule has 2 amide bonds. The van der Waals surface area contributed by atoms with Gasteiger partial charge < -0.3 is 10.6 Å². The molecule has 0 radical (unpaired) electrons. The van der Waals surface area contributed by atoms with Gasteiger partial charge >= 0.3 is 0 Å². The van der Waals surface area contributed by atoms with Gasteiger partial charge in [-0.25, -0.2) is 8.42 Å². The van der Waals surface area contributed by atoms with Crippen LogP contribution < -0.4 is 14.9 Å². The van der Waals surface area contributed by atoms with Crippen LogP contribution in [0.5, 0.6) is 0 Å². The number of rotatable bonds is 8. The number of para-hydroxylation sites is 2. The van der Waals surface area contributed by atoms with E-state index in [-0.39, 0.29) is 28.1 Å². The highest BCUT2D eigenvalue weighted by Gasteiger charge is 2.25. The third-order valence-electron chi connectivity index (χ3n) is 6.23. The van der Waals surface area contributed by atoms with Crippen molar-refractivity contribution >= 4 is 33.2 Å². The van der Waals surface area contributed by atoms with Crippen LogP contribution in [-0.2, 0) is 10.0 Å². The number of benzene rings is 4. The van der Waals surface area contributed by atoms with E-state index in [1.54, 1.807) is 60.7 Å². The number of carbonyl (C=O) groups excluding carboxylic acids is 2. The van der Waals surface area contributed by atoms with E-state index < -0.39 is 15.9 Å². The zero-order valence-corrected chi connectivity index (χ0v) is 22.2. The second-order valence-electron chi connectivity index (χ2n) is 8.91. The molecular weight excluding hydrogens is 498 g/mol. The van der Waals surface area contributed by atoms with Crippen LogP contribution >= 0.6 is 0 Å². The number of sulfonamides is 1. The maximum Gasteiger partial charge on any atom is 0.264 e.